The highest BCUT2D eigenvalue weighted by molar-refractivity contribution is 7.89. The van der Waals surface area contributed by atoms with Gasteiger partial charge in [-0.2, -0.15) is 9.40 Å². The number of sulfonamides is 1. The van der Waals surface area contributed by atoms with Gasteiger partial charge in [0, 0.05) is 25.4 Å². The van der Waals surface area contributed by atoms with Gasteiger partial charge < -0.3 is 4.74 Å². The van der Waals surface area contributed by atoms with E-state index in [1.54, 1.807) is 17.1 Å². The molecule has 0 saturated heterocycles. The van der Waals surface area contributed by atoms with Crippen LogP contribution in [-0.4, -0.2) is 42.6 Å². The van der Waals surface area contributed by atoms with E-state index in [0.717, 1.165) is 11.3 Å². The van der Waals surface area contributed by atoms with Crippen molar-refractivity contribution in [3.63, 3.8) is 0 Å². The monoisotopic (exact) mass is 385 g/mol. The Balaban J connectivity index is 1.76. The third-order valence-electron chi connectivity index (χ3n) is 4.05. The standard InChI is InChI=1S/C19H19N3O4S/c1-21(13-15-12-20-22(14-15)17-6-4-3-5-7-17)27(24,25)18-10-8-16(9-11-18)19(23)26-2/h3-12,14H,13H2,1-2H3. The van der Waals surface area contributed by atoms with Crippen molar-refractivity contribution in [2.75, 3.05) is 14.2 Å². The van der Waals surface area contributed by atoms with Gasteiger partial charge in [0.15, 0.2) is 0 Å². The number of aromatic nitrogens is 2. The van der Waals surface area contributed by atoms with Crippen LogP contribution < -0.4 is 0 Å². The molecule has 0 aliphatic heterocycles. The highest BCUT2D eigenvalue weighted by atomic mass is 32.2. The van der Waals surface area contributed by atoms with Crippen molar-refractivity contribution in [2.24, 2.45) is 0 Å². The predicted molar refractivity (Wildman–Crippen MR) is 100.0 cm³/mol. The average molecular weight is 385 g/mol. The number of carbonyl (C=O) groups excluding carboxylic acids is 1. The number of hydrogen-bond donors (Lipinski definition) is 0. The molecule has 1 heterocycles. The lowest BCUT2D eigenvalue weighted by Gasteiger charge is -2.16. The summed E-state index contributed by atoms with van der Waals surface area (Å²) in [5.74, 6) is -0.513. The van der Waals surface area contributed by atoms with Gasteiger partial charge in [-0.15, -0.1) is 0 Å². The van der Waals surface area contributed by atoms with Gasteiger partial charge in [0.2, 0.25) is 10.0 Å². The van der Waals surface area contributed by atoms with Gasteiger partial charge >= 0.3 is 5.97 Å². The van der Waals surface area contributed by atoms with Gasteiger partial charge in [-0.3, -0.25) is 0 Å². The van der Waals surface area contributed by atoms with E-state index in [0.29, 0.717) is 5.56 Å². The Kier molecular flexibility index (Phi) is 5.38. The molecule has 0 aliphatic carbocycles. The summed E-state index contributed by atoms with van der Waals surface area (Å²) in [6.07, 6.45) is 3.43. The van der Waals surface area contributed by atoms with E-state index in [9.17, 15) is 13.2 Å². The van der Waals surface area contributed by atoms with Crippen LogP contribution in [0, 0.1) is 0 Å². The van der Waals surface area contributed by atoms with Crippen LogP contribution in [0.15, 0.2) is 71.9 Å². The van der Waals surface area contributed by atoms with Crippen LogP contribution in [0.3, 0.4) is 0 Å². The summed E-state index contributed by atoms with van der Waals surface area (Å²) < 4.78 is 33.0. The number of ether oxygens (including phenoxy) is 1. The number of para-hydroxylation sites is 1. The summed E-state index contributed by atoms with van der Waals surface area (Å²) >= 11 is 0. The summed E-state index contributed by atoms with van der Waals surface area (Å²) in [7, 11) is -0.920. The van der Waals surface area contributed by atoms with Gasteiger partial charge in [-0.25, -0.2) is 17.9 Å². The summed E-state index contributed by atoms with van der Waals surface area (Å²) in [4.78, 5) is 11.6. The van der Waals surface area contributed by atoms with Crippen LogP contribution in [0.2, 0.25) is 0 Å². The van der Waals surface area contributed by atoms with Gasteiger partial charge in [0.25, 0.3) is 0 Å². The minimum absolute atomic E-state index is 0.105. The Morgan fingerprint density at radius 2 is 1.78 bits per heavy atom. The molecule has 140 valence electrons. The fourth-order valence-corrected chi connectivity index (χ4v) is 3.73. The second kappa shape index (κ2) is 7.73. The molecule has 8 heteroatoms. The van der Waals surface area contributed by atoms with Crippen molar-refractivity contribution in [3.8, 4) is 5.69 Å². The zero-order valence-corrected chi connectivity index (χ0v) is 15.8. The zero-order valence-electron chi connectivity index (χ0n) is 14.9. The Morgan fingerprint density at radius 1 is 1.11 bits per heavy atom. The lowest BCUT2D eigenvalue weighted by molar-refractivity contribution is 0.0600. The topological polar surface area (TPSA) is 81.5 Å². The lowest BCUT2D eigenvalue weighted by Crippen LogP contribution is -2.26. The Hall–Kier alpha value is -2.97. The first-order valence-electron chi connectivity index (χ1n) is 8.15. The molecule has 0 aliphatic rings. The van der Waals surface area contributed by atoms with E-state index >= 15 is 0 Å². The summed E-state index contributed by atoms with van der Waals surface area (Å²) in [5, 5.41) is 4.28. The summed E-state index contributed by atoms with van der Waals surface area (Å²) in [5.41, 5.74) is 1.95. The first-order valence-corrected chi connectivity index (χ1v) is 9.59. The number of benzene rings is 2. The third-order valence-corrected chi connectivity index (χ3v) is 5.86. The van der Waals surface area contributed by atoms with Crippen molar-refractivity contribution in [1.82, 2.24) is 14.1 Å². The van der Waals surface area contributed by atoms with Gasteiger partial charge in [0.05, 0.1) is 29.5 Å². The van der Waals surface area contributed by atoms with E-state index in [-0.39, 0.29) is 11.4 Å². The molecule has 0 unspecified atom stereocenters. The average Bonchev–Trinajstić information content (AvgIpc) is 3.16. The Labute approximate surface area is 157 Å². The zero-order chi connectivity index (χ0) is 19.4. The molecule has 0 amide bonds. The summed E-state index contributed by atoms with van der Waals surface area (Å²) in [6, 6.07) is 15.2. The third kappa shape index (κ3) is 4.07. The molecule has 1 aromatic heterocycles. The molecule has 7 nitrogen and oxygen atoms in total. The van der Waals surface area contributed by atoms with E-state index in [1.165, 1.54) is 42.7 Å². The maximum Gasteiger partial charge on any atom is 0.337 e. The summed E-state index contributed by atoms with van der Waals surface area (Å²) in [6.45, 7) is 0.175. The van der Waals surface area contributed by atoms with Gasteiger partial charge in [0.1, 0.15) is 0 Å². The van der Waals surface area contributed by atoms with Crippen LogP contribution in [0.4, 0.5) is 0 Å². The minimum Gasteiger partial charge on any atom is -0.465 e. The van der Waals surface area contributed by atoms with E-state index in [4.69, 9.17) is 0 Å². The second-order valence-electron chi connectivity index (χ2n) is 5.91. The maximum atomic E-state index is 12.7. The van der Waals surface area contributed by atoms with Crippen molar-refractivity contribution in [2.45, 2.75) is 11.4 Å². The molecule has 0 atom stereocenters. The van der Waals surface area contributed by atoms with E-state index in [1.807, 2.05) is 30.3 Å². The molecular weight excluding hydrogens is 366 g/mol. The van der Waals surface area contributed by atoms with E-state index < -0.39 is 16.0 Å². The number of carbonyl (C=O) groups is 1. The van der Waals surface area contributed by atoms with Crippen molar-refractivity contribution < 1.29 is 17.9 Å². The van der Waals surface area contributed by atoms with Gasteiger partial charge in [-0.05, 0) is 36.4 Å². The van der Waals surface area contributed by atoms with Crippen LogP contribution in [0.25, 0.3) is 5.69 Å². The van der Waals surface area contributed by atoms with E-state index in [2.05, 4.69) is 9.84 Å². The number of hydrogen-bond acceptors (Lipinski definition) is 5. The highest BCUT2D eigenvalue weighted by Crippen LogP contribution is 2.18. The molecule has 0 bridgehead atoms. The predicted octanol–water partition coefficient (Wildman–Crippen LogP) is 2.48. The maximum absolute atomic E-state index is 12.7. The molecule has 0 N–H and O–H groups in total. The quantitative estimate of drug-likeness (QED) is 0.609. The van der Waals surface area contributed by atoms with Crippen molar-refractivity contribution in [1.29, 1.82) is 0 Å². The Bertz CT molecular complexity index is 1030. The molecular formula is C19H19N3O4S. The number of methoxy groups -OCH3 is 1. The largest absolute Gasteiger partial charge is 0.465 e. The van der Waals surface area contributed by atoms with Crippen LogP contribution in [0.5, 0.6) is 0 Å². The van der Waals surface area contributed by atoms with Crippen LogP contribution >= 0.6 is 0 Å². The molecule has 0 radical (unpaired) electrons. The fraction of sp³-hybridized carbons (Fsp3) is 0.158. The smallest absolute Gasteiger partial charge is 0.337 e. The fourth-order valence-electron chi connectivity index (χ4n) is 2.57. The number of esters is 1. The van der Waals surface area contributed by atoms with Crippen LogP contribution in [0.1, 0.15) is 15.9 Å². The number of rotatable bonds is 6. The van der Waals surface area contributed by atoms with Crippen molar-refractivity contribution >= 4 is 16.0 Å². The molecule has 3 rings (SSSR count). The second-order valence-corrected chi connectivity index (χ2v) is 7.95. The van der Waals surface area contributed by atoms with Crippen molar-refractivity contribution in [3.05, 3.63) is 78.1 Å². The molecule has 3 aromatic rings. The normalized spacial score (nSPS) is 11.5. The highest BCUT2D eigenvalue weighted by Gasteiger charge is 2.22. The lowest BCUT2D eigenvalue weighted by atomic mass is 10.2. The molecule has 0 fully saturated rings. The minimum atomic E-state index is -3.70. The Morgan fingerprint density at radius 3 is 2.41 bits per heavy atom. The number of nitrogens with zero attached hydrogens (tertiary/aromatic N) is 3. The first-order chi connectivity index (χ1) is 12.9. The van der Waals surface area contributed by atoms with Gasteiger partial charge in [-0.1, -0.05) is 18.2 Å². The molecule has 2 aromatic carbocycles. The van der Waals surface area contributed by atoms with Crippen LogP contribution in [-0.2, 0) is 21.3 Å². The molecule has 0 saturated carbocycles. The SMILES string of the molecule is COC(=O)c1ccc(S(=O)(=O)N(C)Cc2cnn(-c3ccccc3)c2)cc1. The first kappa shape index (κ1) is 18.8. The molecule has 27 heavy (non-hydrogen) atoms. The molecule has 0 spiro atoms.